The van der Waals surface area contributed by atoms with Crippen molar-refractivity contribution in [3.63, 3.8) is 0 Å². The van der Waals surface area contributed by atoms with Crippen molar-refractivity contribution < 1.29 is 9.53 Å². The van der Waals surface area contributed by atoms with Gasteiger partial charge in [-0.15, -0.1) is 0 Å². The highest BCUT2D eigenvalue weighted by Gasteiger charge is 2.01. The summed E-state index contributed by atoms with van der Waals surface area (Å²) in [6, 6.07) is 7.56. The number of carbonyl (C=O) groups excluding carboxylic acids is 1. The fourth-order valence-corrected chi connectivity index (χ4v) is 1.39. The van der Waals surface area contributed by atoms with Crippen molar-refractivity contribution in [2.45, 2.75) is 20.3 Å². The summed E-state index contributed by atoms with van der Waals surface area (Å²) in [5.41, 5.74) is 1.80. The Bertz CT molecular complexity index is 319. The molecule has 0 heterocycles. The lowest BCUT2D eigenvalue weighted by Gasteiger charge is -2.06. The smallest absolute Gasteiger partial charge is 0.162 e. The van der Waals surface area contributed by atoms with Crippen LogP contribution in [0, 0.1) is 0 Å². The van der Waals surface area contributed by atoms with Gasteiger partial charge in [-0.2, -0.15) is 0 Å². The minimum Gasteiger partial charge on any atom is -0.383 e. The molecule has 1 rings (SSSR count). The van der Waals surface area contributed by atoms with Gasteiger partial charge >= 0.3 is 0 Å². The van der Waals surface area contributed by atoms with Crippen LogP contribution in [-0.4, -0.2) is 25.5 Å². The molecule has 0 saturated carbocycles. The second kappa shape index (κ2) is 7.01. The number of ether oxygens (including phenoxy) is 1. The maximum Gasteiger partial charge on any atom is 0.162 e. The molecule has 0 aliphatic carbocycles. The van der Waals surface area contributed by atoms with Crippen LogP contribution < -0.4 is 5.32 Å². The molecule has 3 heteroatoms. The Hall–Kier alpha value is -1.35. The van der Waals surface area contributed by atoms with Crippen molar-refractivity contribution in [2.75, 3.05) is 25.1 Å². The largest absolute Gasteiger partial charge is 0.383 e. The van der Waals surface area contributed by atoms with Crippen LogP contribution in [0.15, 0.2) is 24.3 Å². The van der Waals surface area contributed by atoms with Crippen LogP contribution in [0.1, 0.15) is 30.6 Å². The van der Waals surface area contributed by atoms with Gasteiger partial charge in [-0.1, -0.05) is 6.92 Å². The first-order valence-electron chi connectivity index (χ1n) is 5.72. The molecule has 0 aromatic heterocycles. The van der Waals surface area contributed by atoms with Gasteiger partial charge in [0.15, 0.2) is 5.78 Å². The van der Waals surface area contributed by atoms with Crippen molar-refractivity contribution in [3.05, 3.63) is 29.8 Å². The molecule has 0 bridgehead atoms. The maximum absolute atomic E-state index is 11.4. The number of hydrogen-bond acceptors (Lipinski definition) is 3. The topological polar surface area (TPSA) is 38.3 Å². The summed E-state index contributed by atoms with van der Waals surface area (Å²) in [5, 5.41) is 3.23. The Kier molecular flexibility index (Phi) is 5.57. The summed E-state index contributed by atoms with van der Waals surface area (Å²) in [6.45, 7) is 6.08. The van der Waals surface area contributed by atoms with E-state index in [4.69, 9.17) is 4.74 Å². The van der Waals surface area contributed by atoms with Gasteiger partial charge in [-0.25, -0.2) is 0 Å². The van der Waals surface area contributed by atoms with E-state index in [0.29, 0.717) is 13.0 Å². The van der Waals surface area contributed by atoms with Crippen molar-refractivity contribution in [2.24, 2.45) is 0 Å². The van der Waals surface area contributed by atoms with Gasteiger partial charge in [-0.05, 0) is 31.2 Å². The second-order valence-electron chi connectivity index (χ2n) is 3.48. The Labute approximate surface area is 96.8 Å². The predicted octanol–water partition coefficient (Wildman–Crippen LogP) is 2.73. The highest BCUT2D eigenvalue weighted by Crippen LogP contribution is 2.10. The fraction of sp³-hybridized carbons (Fsp3) is 0.462. The average molecular weight is 221 g/mol. The Balaban J connectivity index is 2.42. The molecule has 0 amide bonds. The molecule has 0 radical (unpaired) electrons. The van der Waals surface area contributed by atoms with Crippen LogP contribution in [0.25, 0.3) is 0 Å². The first-order valence-corrected chi connectivity index (χ1v) is 5.72. The van der Waals surface area contributed by atoms with Crippen molar-refractivity contribution in [1.29, 1.82) is 0 Å². The standard InChI is InChI=1S/C13H19NO2/c1-3-13(15)11-5-7-12(8-6-11)14-9-10-16-4-2/h5-8,14H,3-4,9-10H2,1-2H3. The molecule has 16 heavy (non-hydrogen) atoms. The summed E-state index contributed by atoms with van der Waals surface area (Å²) in [5.74, 6) is 0.181. The third-order valence-corrected chi connectivity index (χ3v) is 2.31. The lowest BCUT2D eigenvalue weighted by Crippen LogP contribution is -2.09. The van der Waals surface area contributed by atoms with Crippen molar-refractivity contribution in [3.8, 4) is 0 Å². The van der Waals surface area contributed by atoms with Gasteiger partial charge in [0.1, 0.15) is 0 Å². The summed E-state index contributed by atoms with van der Waals surface area (Å²) >= 11 is 0. The minimum absolute atomic E-state index is 0.181. The molecule has 3 nitrogen and oxygen atoms in total. The molecular formula is C13H19NO2. The molecule has 0 unspecified atom stereocenters. The van der Waals surface area contributed by atoms with Crippen LogP contribution in [0.4, 0.5) is 5.69 Å². The number of carbonyl (C=O) groups is 1. The van der Waals surface area contributed by atoms with Crippen LogP contribution in [0.5, 0.6) is 0 Å². The Morgan fingerprint density at radius 1 is 1.25 bits per heavy atom. The molecule has 0 fully saturated rings. The van der Waals surface area contributed by atoms with E-state index >= 15 is 0 Å². The van der Waals surface area contributed by atoms with Crippen LogP contribution in [-0.2, 0) is 4.74 Å². The molecule has 0 aliphatic rings. The van der Waals surface area contributed by atoms with E-state index in [9.17, 15) is 4.79 Å². The van der Waals surface area contributed by atoms with Gasteiger partial charge in [0.25, 0.3) is 0 Å². The lowest BCUT2D eigenvalue weighted by atomic mass is 10.1. The SMILES string of the molecule is CCOCCNc1ccc(C(=O)CC)cc1. The fourth-order valence-electron chi connectivity index (χ4n) is 1.39. The van der Waals surface area contributed by atoms with Crippen molar-refractivity contribution in [1.82, 2.24) is 0 Å². The molecule has 0 spiro atoms. The molecule has 0 aliphatic heterocycles. The third kappa shape index (κ3) is 4.03. The zero-order valence-corrected chi connectivity index (χ0v) is 9.95. The number of nitrogens with one attached hydrogen (secondary N) is 1. The van der Waals surface area contributed by atoms with E-state index in [2.05, 4.69) is 5.32 Å². The number of Topliss-reactive ketones (excluding diaryl/α,β-unsaturated/α-hetero) is 1. The summed E-state index contributed by atoms with van der Waals surface area (Å²) in [6.07, 6.45) is 0.553. The first kappa shape index (κ1) is 12.7. The van der Waals surface area contributed by atoms with Gasteiger partial charge in [0.05, 0.1) is 6.61 Å². The quantitative estimate of drug-likeness (QED) is 0.568. The van der Waals surface area contributed by atoms with E-state index in [-0.39, 0.29) is 5.78 Å². The number of anilines is 1. The monoisotopic (exact) mass is 221 g/mol. The number of benzene rings is 1. The average Bonchev–Trinajstić information content (AvgIpc) is 2.34. The molecule has 1 N–H and O–H groups in total. The highest BCUT2D eigenvalue weighted by atomic mass is 16.5. The van der Waals surface area contributed by atoms with Gasteiger partial charge in [0.2, 0.25) is 0 Å². The van der Waals surface area contributed by atoms with Crippen LogP contribution in [0.3, 0.4) is 0 Å². The van der Waals surface area contributed by atoms with E-state index in [0.717, 1.165) is 24.4 Å². The molecule has 88 valence electrons. The molecular weight excluding hydrogens is 202 g/mol. The van der Waals surface area contributed by atoms with E-state index in [1.54, 1.807) is 0 Å². The van der Waals surface area contributed by atoms with Crippen molar-refractivity contribution >= 4 is 11.5 Å². The first-order chi connectivity index (χ1) is 7.77. The summed E-state index contributed by atoms with van der Waals surface area (Å²) < 4.78 is 5.22. The normalized spacial score (nSPS) is 10.1. The Morgan fingerprint density at radius 3 is 2.50 bits per heavy atom. The molecule has 1 aromatic carbocycles. The van der Waals surface area contributed by atoms with Gasteiger partial charge < -0.3 is 10.1 Å². The number of rotatable bonds is 7. The van der Waals surface area contributed by atoms with Gasteiger partial charge in [0, 0.05) is 30.8 Å². The maximum atomic E-state index is 11.4. The summed E-state index contributed by atoms with van der Waals surface area (Å²) in [4.78, 5) is 11.4. The van der Waals surface area contributed by atoms with Gasteiger partial charge in [-0.3, -0.25) is 4.79 Å². The molecule has 0 atom stereocenters. The van der Waals surface area contributed by atoms with Crippen LogP contribution >= 0.6 is 0 Å². The highest BCUT2D eigenvalue weighted by molar-refractivity contribution is 5.96. The van der Waals surface area contributed by atoms with Crippen LogP contribution in [0.2, 0.25) is 0 Å². The predicted molar refractivity (Wildman–Crippen MR) is 66.0 cm³/mol. The zero-order chi connectivity index (χ0) is 11.8. The number of hydrogen-bond donors (Lipinski definition) is 1. The summed E-state index contributed by atoms with van der Waals surface area (Å²) in [7, 11) is 0. The zero-order valence-electron chi connectivity index (χ0n) is 9.95. The Morgan fingerprint density at radius 2 is 1.94 bits per heavy atom. The third-order valence-electron chi connectivity index (χ3n) is 2.31. The molecule has 1 aromatic rings. The lowest BCUT2D eigenvalue weighted by molar-refractivity contribution is 0.0988. The molecule has 0 saturated heterocycles. The van der Waals surface area contributed by atoms with E-state index < -0.39 is 0 Å². The second-order valence-corrected chi connectivity index (χ2v) is 3.48. The number of ketones is 1. The van der Waals surface area contributed by atoms with E-state index in [1.807, 2.05) is 38.1 Å². The minimum atomic E-state index is 0.181. The van der Waals surface area contributed by atoms with E-state index in [1.165, 1.54) is 0 Å².